The van der Waals surface area contributed by atoms with Gasteiger partial charge in [-0.1, -0.05) is 0 Å². The fourth-order valence-electron chi connectivity index (χ4n) is 1.03. The highest BCUT2D eigenvalue weighted by Gasteiger charge is 2.11. The molecule has 1 aromatic carbocycles. The van der Waals surface area contributed by atoms with Crippen LogP contribution in [0.3, 0.4) is 0 Å². The van der Waals surface area contributed by atoms with Crippen LogP contribution in [0.4, 0.5) is 4.39 Å². The highest BCUT2D eigenvalue weighted by molar-refractivity contribution is 5.30. The molecule has 4 heteroatoms. The second kappa shape index (κ2) is 4.20. The minimum Gasteiger partial charge on any atom is -0.497 e. The van der Waals surface area contributed by atoms with Crippen LogP contribution in [0, 0.1) is 5.82 Å². The molecule has 0 unspecified atom stereocenters. The number of methoxy groups -OCH3 is 1. The van der Waals surface area contributed by atoms with Gasteiger partial charge >= 0.3 is 0 Å². The molecule has 0 aliphatic rings. The third kappa shape index (κ3) is 2.17. The Hall–Kier alpha value is -1.13. The first kappa shape index (κ1) is 9.95. The summed E-state index contributed by atoms with van der Waals surface area (Å²) in [6.45, 7) is 0.00322. The van der Waals surface area contributed by atoms with Gasteiger partial charge in [0.1, 0.15) is 11.6 Å². The first-order valence-corrected chi connectivity index (χ1v) is 3.90. The maximum absolute atomic E-state index is 13.2. The van der Waals surface area contributed by atoms with Gasteiger partial charge < -0.3 is 15.6 Å². The van der Waals surface area contributed by atoms with Gasteiger partial charge in [0, 0.05) is 18.2 Å². The van der Waals surface area contributed by atoms with Gasteiger partial charge in [0.2, 0.25) is 0 Å². The highest BCUT2D eigenvalue weighted by Crippen LogP contribution is 2.20. The molecular weight excluding hydrogens is 173 g/mol. The number of benzene rings is 1. The summed E-state index contributed by atoms with van der Waals surface area (Å²) in [7, 11) is 1.45. The molecule has 0 spiro atoms. The Bertz CT molecular complexity index is 291. The number of halogens is 1. The van der Waals surface area contributed by atoms with Crippen molar-refractivity contribution in [3.05, 3.63) is 29.6 Å². The predicted octanol–water partition coefficient (Wildman–Crippen LogP) is 0.826. The van der Waals surface area contributed by atoms with Gasteiger partial charge in [0.25, 0.3) is 0 Å². The summed E-state index contributed by atoms with van der Waals surface area (Å²) in [5, 5.41) is 9.27. The number of aliphatic hydroxyl groups is 1. The minimum atomic E-state index is -0.953. The lowest BCUT2D eigenvalue weighted by atomic mass is 10.1. The van der Waals surface area contributed by atoms with E-state index >= 15 is 0 Å². The van der Waals surface area contributed by atoms with E-state index in [1.54, 1.807) is 6.07 Å². The van der Waals surface area contributed by atoms with Crippen LogP contribution in [0.25, 0.3) is 0 Å². The molecule has 3 N–H and O–H groups in total. The number of ether oxygens (including phenoxy) is 1. The maximum atomic E-state index is 13.2. The maximum Gasteiger partial charge on any atom is 0.132 e. The average molecular weight is 185 g/mol. The summed E-state index contributed by atoms with van der Waals surface area (Å²) in [5.74, 6) is -0.0808. The van der Waals surface area contributed by atoms with Crippen molar-refractivity contribution in [2.75, 3.05) is 13.7 Å². The third-order valence-electron chi connectivity index (χ3n) is 1.79. The summed E-state index contributed by atoms with van der Waals surface area (Å²) >= 11 is 0. The van der Waals surface area contributed by atoms with E-state index in [0.717, 1.165) is 0 Å². The number of rotatable bonds is 3. The quantitative estimate of drug-likeness (QED) is 0.733. The Labute approximate surface area is 75.9 Å². The zero-order valence-corrected chi connectivity index (χ0v) is 7.33. The topological polar surface area (TPSA) is 55.5 Å². The summed E-state index contributed by atoms with van der Waals surface area (Å²) in [5.41, 5.74) is 5.39. The van der Waals surface area contributed by atoms with E-state index in [0.29, 0.717) is 5.75 Å². The number of hydrogen-bond donors (Lipinski definition) is 2. The molecular formula is C9H12FNO2. The van der Waals surface area contributed by atoms with Gasteiger partial charge in [0.15, 0.2) is 0 Å². The van der Waals surface area contributed by atoms with Crippen molar-refractivity contribution in [1.29, 1.82) is 0 Å². The lowest BCUT2D eigenvalue weighted by Gasteiger charge is -2.09. The van der Waals surface area contributed by atoms with Crippen LogP contribution >= 0.6 is 0 Å². The standard InChI is InChI=1S/C9H12FNO2/c1-13-6-2-3-7(8(10)4-6)9(12)5-11/h2-4,9,12H,5,11H2,1H3/t9-/m0/s1. The molecule has 0 saturated carbocycles. The van der Waals surface area contributed by atoms with Crippen molar-refractivity contribution < 1.29 is 14.2 Å². The molecule has 0 heterocycles. The van der Waals surface area contributed by atoms with Crippen LogP contribution in [0.1, 0.15) is 11.7 Å². The summed E-state index contributed by atoms with van der Waals surface area (Å²) in [6.07, 6.45) is -0.953. The monoisotopic (exact) mass is 185 g/mol. The van der Waals surface area contributed by atoms with Crippen molar-refractivity contribution in [1.82, 2.24) is 0 Å². The molecule has 1 aromatic rings. The molecule has 1 atom stereocenters. The first-order chi connectivity index (χ1) is 6.19. The van der Waals surface area contributed by atoms with Gasteiger partial charge in [-0.05, 0) is 12.1 Å². The van der Waals surface area contributed by atoms with Crippen molar-refractivity contribution in [3.8, 4) is 5.75 Å². The zero-order valence-electron chi connectivity index (χ0n) is 7.33. The summed E-state index contributed by atoms with van der Waals surface area (Å²) in [6, 6.07) is 4.26. The third-order valence-corrected chi connectivity index (χ3v) is 1.79. The molecule has 3 nitrogen and oxygen atoms in total. The van der Waals surface area contributed by atoms with E-state index in [1.165, 1.54) is 19.2 Å². The Morgan fingerprint density at radius 2 is 2.31 bits per heavy atom. The fourth-order valence-corrected chi connectivity index (χ4v) is 1.03. The molecule has 0 aromatic heterocycles. The van der Waals surface area contributed by atoms with Crippen LogP contribution in [0.5, 0.6) is 5.75 Å². The largest absolute Gasteiger partial charge is 0.497 e. The second-order valence-electron chi connectivity index (χ2n) is 2.64. The minimum absolute atomic E-state index is 0.00322. The van der Waals surface area contributed by atoms with Crippen molar-refractivity contribution in [3.63, 3.8) is 0 Å². The average Bonchev–Trinajstić information content (AvgIpc) is 2.16. The fraction of sp³-hybridized carbons (Fsp3) is 0.333. The van der Waals surface area contributed by atoms with Gasteiger partial charge in [-0.3, -0.25) is 0 Å². The van der Waals surface area contributed by atoms with Crippen molar-refractivity contribution in [2.45, 2.75) is 6.10 Å². The lowest BCUT2D eigenvalue weighted by molar-refractivity contribution is 0.181. The SMILES string of the molecule is COc1ccc([C@@H](O)CN)c(F)c1. The molecule has 0 bridgehead atoms. The van der Waals surface area contributed by atoms with Crippen LogP contribution in [-0.4, -0.2) is 18.8 Å². The molecule has 0 fully saturated rings. The smallest absolute Gasteiger partial charge is 0.132 e. The van der Waals surface area contributed by atoms with Crippen LogP contribution in [0.2, 0.25) is 0 Å². The molecule has 0 aliphatic carbocycles. The number of hydrogen-bond acceptors (Lipinski definition) is 3. The first-order valence-electron chi connectivity index (χ1n) is 3.90. The van der Waals surface area contributed by atoms with E-state index in [9.17, 15) is 9.50 Å². The van der Waals surface area contributed by atoms with Gasteiger partial charge in [-0.25, -0.2) is 4.39 Å². The van der Waals surface area contributed by atoms with E-state index in [4.69, 9.17) is 10.5 Å². The van der Waals surface area contributed by atoms with E-state index in [1.807, 2.05) is 0 Å². The lowest BCUT2D eigenvalue weighted by Crippen LogP contribution is -2.12. The Balaban J connectivity index is 2.98. The van der Waals surface area contributed by atoms with Crippen molar-refractivity contribution in [2.24, 2.45) is 5.73 Å². The van der Waals surface area contributed by atoms with E-state index in [-0.39, 0.29) is 12.1 Å². The van der Waals surface area contributed by atoms with Crippen LogP contribution < -0.4 is 10.5 Å². The van der Waals surface area contributed by atoms with Gasteiger partial charge in [-0.2, -0.15) is 0 Å². The Morgan fingerprint density at radius 1 is 1.62 bits per heavy atom. The van der Waals surface area contributed by atoms with Crippen molar-refractivity contribution >= 4 is 0 Å². The van der Waals surface area contributed by atoms with E-state index in [2.05, 4.69) is 0 Å². The second-order valence-corrected chi connectivity index (χ2v) is 2.64. The van der Waals surface area contributed by atoms with Gasteiger partial charge in [-0.15, -0.1) is 0 Å². The molecule has 0 amide bonds. The molecule has 0 saturated heterocycles. The van der Waals surface area contributed by atoms with Crippen LogP contribution in [0.15, 0.2) is 18.2 Å². The molecule has 1 rings (SSSR count). The van der Waals surface area contributed by atoms with Crippen LogP contribution in [-0.2, 0) is 0 Å². The molecule has 0 radical (unpaired) electrons. The predicted molar refractivity (Wildman–Crippen MR) is 47.0 cm³/mol. The zero-order chi connectivity index (χ0) is 9.84. The molecule has 72 valence electrons. The van der Waals surface area contributed by atoms with Gasteiger partial charge in [0.05, 0.1) is 13.2 Å². The molecule has 0 aliphatic heterocycles. The summed E-state index contributed by atoms with van der Waals surface area (Å²) < 4.78 is 18.0. The number of aliphatic hydroxyl groups excluding tert-OH is 1. The summed E-state index contributed by atoms with van der Waals surface area (Å²) in [4.78, 5) is 0. The normalized spacial score (nSPS) is 12.6. The molecule has 13 heavy (non-hydrogen) atoms. The Morgan fingerprint density at radius 3 is 2.77 bits per heavy atom. The highest BCUT2D eigenvalue weighted by atomic mass is 19.1. The van der Waals surface area contributed by atoms with E-state index < -0.39 is 11.9 Å². The Kier molecular flexibility index (Phi) is 3.22. The number of nitrogens with two attached hydrogens (primary N) is 1.